The SMILES string of the molecule is CCCNCC1(C(C)CC(C)C)CCC(O)CC1. The molecule has 0 radical (unpaired) electrons. The summed E-state index contributed by atoms with van der Waals surface area (Å²) in [6, 6.07) is 0. The summed E-state index contributed by atoms with van der Waals surface area (Å²) in [6.45, 7) is 11.6. The van der Waals surface area contributed by atoms with Crippen LogP contribution in [-0.2, 0) is 0 Å². The molecule has 2 heteroatoms. The zero-order valence-corrected chi connectivity index (χ0v) is 12.8. The highest BCUT2D eigenvalue weighted by atomic mass is 16.3. The Hall–Kier alpha value is -0.0800. The monoisotopic (exact) mass is 255 g/mol. The molecule has 1 rings (SSSR count). The number of aliphatic hydroxyl groups is 1. The van der Waals surface area contributed by atoms with Crippen LogP contribution in [0.15, 0.2) is 0 Å². The number of rotatable bonds is 7. The number of nitrogens with one attached hydrogen (secondary N) is 1. The lowest BCUT2D eigenvalue weighted by molar-refractivity contribution is 0.0234. The largest absolute Gasteiger partial charge is 0.393 e. The number of hydrogen-bond acceptors (Lipinski definition) is 2. The van der Waals surface area contributed by atoms with Crippen molar-refractivity contribution in [1.82, 2.24) is 5.32 Å². The third kappa shape index (κ3) is 4.55. The number of hydrogen-bond donors (Lipinski definition) is 2. The number of aliphatic hydroxyl groups excluding tert-OH is 1. The highest BCUT2D eigenvalue weighted by Gasteiger charge is 2.39. The average molecular weight is 255 g/mol. The van der Waals surface area contributed by atoms with Gasteiger partial charge in [0.2, 0.25) is 0 Å². The molecule has 18 heavy (non-hydrogen) atoms. The van der Waals surface area contributed by atoms with Crippen LogP contribution in [0, 0.1) is 17.3 Å². The van der Waals surface area contributed by atoms with Gasteiger partial charge in [-0.2, -0.15) is 0 Å². The second-order valence-corrected chi connectivity index (χ2v) is 6.80. The van der Waals surface area contributed by atoms with Crippen molar-refractivity contribution in [2.45, 2.75) is 72.3 Å². The fourth-order valence-corrected chi connectivity index (χ4v) is 3.49. The summed E-state index contributed by atoms with van der Waals surface area (Å²) >= 11 is 0. The van der Waals surface area contributed by atoms with Gasteiger partial charge >= 0.3 is 0 Å². The van der Waals surface area contributed by atoms with Gasteiger partial charge in [-0.1, -0.05) is 27.7 Å². The molecule has 0 aromatic heterocycles. The maximum atomic E-state index is 9.76. The van der Waals surface area contributed by atoms with Crippen molar-refractivity contribution in [2.24, 2.45) is 17.3 Å². The zero-order valence-electron chi connectivity index (χ0n) is 12.8. The van der Waals surface area contributed by atoms with Gasteiger partial charge in [-0.25, -0.2) is 0 Å². The summed E-state index contributed by atoms with van der Waals surface area (Å²) in [6.07, 6.45) is 6.85. The van der Waals surface area contributed by atoms with Crippen LogP contribution in [0.1, 0.15) is 66.2 Å². The van der Waals surface area contributed by atoms with Crippen molar-refractivity contribution in [3.05, 3.63) is 0 Å². The van der Waals surface area contributed by atoms with Gasteiger partial charge in [0.25, 0.3) is 0 Å². The summed E-state index contributed by atoms with van der Waals surface area (Å²) in [7, 11) is 0. The summed E-state index contributed by atoms with van der Waals surface area (Å²) in [5, 5.41) is 13.4. The van der Waals surface area contributed by atoms with Crippen LogP contribution in [0.3, 0.4) is 0 Å². The predicted molar refractivity (Wildman–Crippen MR) is 78.7 cm³/mol. The molecule has 0 amide bonds. The quantitative estimate of drug-likeness (QED) is 0.681. The lowest BCUT2D eigenvalue weighted by Gasteiger charge is -2.44. The molecule has 0 aromatic rings. The third-order valence-corrected chi connectivity index (χ3v) is 4.73. The molecule has 0 spiro atoms. The van der Waals surface area contributed by atoms with Crippen molar-refractivity contribution >= 4 is 0 Å². The van der Waals surface area contributed by atoms with E-state index in [2.05, 4.69) is 33.0 Å². The molecule has 1 aliphatic rings. The summed E-state index contributed by atoms with van der Waals surface area (Å²) in [4.78, 5) is 0. The van der Waals surface area contributed by atoms with Crippen molar-refractivity contribution in [1.29, 1.82) is 0 Å². The fraction of sp³-hybridized carbons (Fsp3) is 1.00. The average Bonchev–Trinajstić information content (AvgIpc) is 2.31. The molecule has 2 N–H and O–H groups in total. The molecule has 1 aliphatic carbocycles. The molecule has 1 unspecified atom stereocenters. The van der Waals surface area contributed by atoms with Gasteiger partial charge in [0.1, 0.15) is 0 Å². The molecule has 0 saturated heterocycles. The molecule has 1 fully saturated rings. The van der Waals surface area contributed by atoms with E-state index in [0.29, 0.717) is 5.41 Å². The molecule has 2 nitrogen and oxygen atoms in total. The van der Waals surface area contributed by atoms with Gasteiger partial charge < -0.3 is 10.4 Å². The second-order valence-electron chi connectivity index (χ2n) is 6.80. The lowest BCUT2D eigenvalue weighted by Crippen LogP contribution is -2.43. The molecule has 0 aromatic carbocycles. The van der Waals surface area contributed by atoms with Crippen LogP contribution in [-0.4, -0.2) is 24.3 Å². The van der Waals surface area contributed by atoms with E-state index < -0.39 is 0 Å². The summed E-state index contributed by atoms with van der Waals surface area (Å²) in [5.41, 5.74) is 0.429. The van der Waals surface area contributed by atoms with Gasteiger partial charge in [0.05, 0.1) is 6.10 Å². The van der Waals surface area contributed by atoms with Crippen LogP contribution in [0.2, 0.25) is 0 Å². The molecular formula is C16H33NO. The maximum Gasteiger partial charge on any atom is 0.0540 e. The summed E-state index contributed by atoms with van der Waals surface area (Å²) in [5.74, 6) is 1.53. The first-order valence-electron chi connectivity index (χ1n) is 7.89. The predicted octanol–water partition coefficient (Wildman–Crippen LogP) is 3.59. The first-order chi connectivity index (χ1) is 8.50. The van der Waals surface area contributed by atoms with E-state index in [4.69, 9.17) is 0 Å². The molecule has 108 valence electrons. The Morgan fingerprint density at radius 3 is 2.33 bits per heavy atom. The van der Waals surface area contributed by atoms with Gasteiger partial charge in [0, 0.05) is 6.54 Å². The van der Waals surface area contributed by atoms with E-state index in [-0.39, 0.29) is 6.10 Å². The molecular weight excluding hydrogens is 222 g/mol. The van der Waals surface area contributed by atoms with Crippen LogP contribution in [0.4, 0.5) is 0 Å². The third-order valence-electron chi connectivity index (χ3n) is 4.73. The van der Waals surface area contributed by atoms with Crippen LogP contribution in [0.25, 0.3) is 0 Å². The Labute approximate surface area is 114 Å². The minimum Gasteiger partial charge on any atom is -0.393 e. The highest BCUT2D eigenvalue weighted by molar-refractivity contribution is 4.91. The van der Waals surface area contributed by atoms with Gasteiger partial charge in [-0.15, -0.1) is 0 Å². The van der Waals surface area contributed by atoms with E-state index >= 15 is 0 Å². The van der Waals surface area contributed by atoms with E-state index in [9.17, 15) is 5.11 Å². The Morgan fingerprint density at radius 1 is 1.22 bits per heavy atom. The second kappa shape index (κ2) is 7.49. The van der Waals surface area contributed by atoms with Crippen LogP contribution >= 0.6 is 0 Å². The van der Waals surface area contributed by atoms with Crippen molar-refractivity contribution in [3.63, 3.8) is 0 Å². The molecule has 1 atom stereocenters. The van der Waals surface area contributed by atoms with Crippen LogP contribution < -0.4 is 5.32 Å². The van der Waals surface area contributed by atoms with E-state index in [1.807, 2.05) is 0 Å². The Bertz CT molecular complexity index is 219. The normalized spacial score (nSPS) is 30.7. The van der Waals surface area contributed by atoms with Crippen molar-refractivity contribution in [2.75, 3.05) is 13.1 Å². The maximum absolute atomic E-state index is 9.76. The van der Waals surface area contributed by atoms with E-state index in [0.717, 1.165) is 37.8 Å². The standard InChI is InChI=1S/C16H33NO/c1-5-10-17-12-16(14(4)11-13(2)3)8-6-15(18)7-9-16/h13-15,17-18H,5-12H2,1-4H3. The first-order valence-corrected chi connectivity index (χ1v) is 7.89. The van der Waals surface area contributed by atoms with Gasteiger partial charge in [-0.3, -0.25) is 0 Å². The highest BCUT2D eigenvalue weighted by Crippen LogP contribution is 2.44. The van der Waals surface area contributed by atoms with E-state index in [1.165, 1.54) is 25.7 Å². The van der Waals surface area contributed by atoms with Crippen molar-refractivity contribution < 1.29 is 5.11 Å². The van der Waals surface area contributed by atoms with Crippen molar-refractivity contribution in [3.8, 4) is 0 Å². The first kappa shape index (κ1) is 16.0. The molecule has 0 heterocycles. The molecule has 1 saturated carbocycles. The van der Waals surface area contributed by atoms with E-state index in [1.54, 1.807) is 0 Å². The van der Waals surface area contributed by atoms with Gasteiger partial charge in [-0.05, 0) is 62.3 Å². The Balaban J connectivity index is 2.61. The fourth-order valence-electron chi connectivity index (χ4n) is 3.49. The molecule has 0 bridgehead atoms. The Kier molecular flexibility index (Phi) is 6.65. The smallest absolute Gasteiger partial charge is 0.0540 e. The van der Waals surface area contributed by atoms with Crippen LogP contribution in [0.5, 0.6) is 0 Å². The topological polar surface area (TPSA) is 32.3 Å². The van der Waals surface area contributed by atoms with Gasteiger partial charge in [0.15, 0.2) is 0 Å². The minimum absolute atomic E-state index is 0.0458. The Morgan fingerprint density at radius 2 is 1.83 bits per heavy atom. The zero-order chi connectivity index (χ0) is 13.6. The minimum atomic E-state index is -0.0458. The lowest BCUT2D eigenvalue weighted by atomic mass is 9.64. The molecule has 0 aliphatic heterocycles. The summed E-state index contributed by atoms with van der Waals surface area (Å²) < 4.78 is 0.